The van der Waals surface area contributed by atoms with E-state index in [-0.39, 0.29) is 5.60 Å². The van der Waals surface area contributed by atoms with Crippen molar-refractivity contribution in [3.63, 3.8) is 0 Å². The van der Waals surface area contributed by atoms with Gasteiger partial charge >= 0.3 is 0 Å². The lowest BCUT2D eigenvalue weighted by molar-refractivity contribution is -0.0836. The van der Waals surface area contributed by atoms with E-state index >= 15 is 0 Å². The highest BCUT2D eigenvalue weighted by atomic mass is 16.5. The zero-order chi connectivity index (χ0) is 13.1. The molecular weight excluding hydrogens is 236 g/mol. The van der Waals surface area contributed by atoms with Crippen LogP contribution in [-0.4, -0.2) is 48.8 Å². The lowest BCUT2D eigenvalue weighted by Crippen LogP contribution is -2.47. The van der Waals surface area contributed by atoms with Crippen LogP contribution in [0.15, 0.2) is 0 Å². The standard InChI is InChI=1S/C16H30N2O/c1-2-18(15-5-6-15)11-10-17-14-7-12-19-16(13-14)8-3-4-9-16/h14-15,17H,2-13H2,1H3. The first-order valence-electron chi connectivity index (χ1n) is 8.43. The molecule has 110 valence electrons. The van der Waals surface area contributed by atoms with Crippen molar-refractivity contribution in [3.05, 3.63) is 0 Å². The second-order valence-corrected chi connectivity index (χ2v) is 6.74. The average molecular weight is 266 g/mol. The van der Waals surface area contributed by atoms with Crippen LogP contribution in [0.2, 0.25) is 0 Å². The van der Waals surface area contributed by atoms with E-state index in [2.05, 4.69) is 17.1 Å². The molecule has 1 heterocycles. The van der Waals surface area contributed by atoms with Gasteiger partial charge in [0.25, 0.3) is 0 Å². The van der Waals surface area contributed by atoms with Gasteiger partial charge < -0.3 is 10.1 Å². The van der Waals surface area contributed by atoms with Crippen molar-refractivity contribution >= 4 is 0 Å². The van der Waals surface area contributed by atoms with Crippen LogP contribution in [0.3, 0.4) is 0 Å². The molecule has 1 N–H and O–H groups in total. The summed E-state index contributed by atoms with van der Waals surface area (Å²) < 4.78 is 6.10. The first-order valence-corrected chi connectivity index (χ1v) is 8.43. The van der Waals surface area contributed by atoms with Gasteiger partial charge in [-0.2, -0.15) is 0 Å². The molecule has 0 aromatic heterocycles. The van der Waals surface area contributed by atoms with Gasteiger partial charge in [-0.3, -0.25) is 4.90 Å². The van der Waals surface area contributed by atoms with Gasteiger partial charge in [0.2, 0.25) is 0 Å². The summed E-state index contributed by atoms with van der Waals surface area (Å²) in [6.45, 7) is 6.86. The highest BCUT2D eigenvalue weighted by molar-refractivity contribution is 4.93. The van der Waals surface area contributed by atoms with Crippen molar-refractivity contribution in [1.82, 2.24) is 10.2 Å². The summed E-state index contributed by atoms with van der Waals surface area (Å²) >= 11 is 0. The predicted molar refractivity (Wildman–Crippen MR) is 78.4 cm³/mol. The first kappa shape index (κ1) is 13.8. The minimum atomic E-state index is 0.261. The molecule has 3 fully saturated rings. The summed E-state index contributed by atoms with van der Waals surface area (Å²) in [5.41, 5.74) is 0.261. The van der Waals surface area contributed by atoms with Gasteiger partial charge in [0.05, 0.1) is 5.60 Å². The van der Waals surface area contributed by atoms with Crippen LogP contribution in [0.4, 0.5) is 0 Å². The summed E-state index contributed by atoms with van der Waals surface area (Å²) in [5.74, 6) is 0. The van der Waals surface area contributed by atoms with Gasteiger partial charge in [-0.25, -0.2) is 0 Å². The fourth-order valence-electron chi connectivity index (χ4n) is 4.02. The van der Waals surface area contributed by atoms with Crippen LogP contribution in [0.1, 0.15) is 58.3 Å². The second-order valence-electron chi connectivity index (χ2n) is 6.74. The van der Waals surface area contributed by atoms with Crippen LogP contribution in [0.5, 0.6) is 0 Å². The number of ether oxygens (including phenoxy) is 1. The van der Waals surface area contributed by atoms with Crippen LogP contribution in [0.25, 0.3) is 0 Å². The van der Waals surface area contributed by atoms with Gasteiger partial charge in [0.1, 0.15) is 0 Å². The minimum Gasteiger partial charge on any atom is -0.375 e. The molecule has 1 saturated heterocycles. The molecular formula is C16H30N2O. The Labute approximate surface area is 118 Å². The van der Waals surface area contributed by atoms with E-state index in [1.807, 2.05) is 0 Å². The van der Waals surface area contributed by atoms with Crippen molar-refractivity contribution in [2.45, 2.75) is 76.0 Å². The molecule has 1 aliphatic heterocycles. The number of likely N-dealkylation sites (N-methyl/N-ethyl adjacent to an activating group) is 1. The van der Waals surface area contributed by atoms with E-state index in [1.165, 1.54) is 64.5 Å². The van der Waals surface area contributed by atoms with Gasteiger partial charge in [-0.05, 0) is 45.1 Å². The molecule has 0 radical (unpaired) electrons. The van der Waals surface area contributed by atoms with E-state index in [4.69, 9.17) is 4.74 Å². The lowest BCUT2D eigenvalue weighted by atomic mass is 9.89. The largest absolute Gasteiger partial charge is 0.375 e. The van der Waals surface area contributed by atoms with Crippen molar-refractivity contribution in [1.29, 1.82) is 0 Å². The summed E-state index contributed by atoms with van der Waals surface area (Å²) in [6.07, 6.45) is 10.7. The number of hydrogen-bond acceptors (Lipinski definition) is 3. The molecule has 3 rings (SSSR count). The monoisotopic (exact) mass is 266 g/mol. The fraction of sp³-hybridized carbons (Fsp3) is 1.00. The maximum Gasteiger partial charge on any atom is 0.0697 e. The maximum atomic E-state index is 6.10. The average Bonchev–Trinajstić information content (AvgIpc) is 3.18. The molecule has 0 bridgehead atoms. The zero-order valence-electron chi connectivity index (χ0n) is 12.5. The number of hydrogen-bond donors (Lipinski definition) is 1. The van der Waals surface area contributed by atoms with E-state index in [9.17, 15) is 0 Å². The molecule has 1 unspecified atom stereocenters. The van der Waals surface area contributed by atoms with E-state index in [0.717, 1.165) is 19.2 Å². The number of rotatable bonds is 6. The van der Waals surface area contributed by atoms with E-state index in [0.29, 0.717) is 6.04 Å². The Hall–Kier alpha value is -0.120. The van der Waals surface area contributed by atoms with Gasteiger partial charge in [-0.15, -0.1) is 0 Å². The summed E-state index contributed by atoms with van der Waals surface area (Å²) in [6, 6.07) is 1.60. The topological polar surface area (TPSA) is 24.5 Å². The van der Waals surface area contributed by atoms with Crippen molar-refractivity contribution in [2.24, 2.45) is 0 Å². The first-order chi connectivity index (χ1) is 9.31. The number of nitrogens with zero attached hydrogens (tertiary/aromatic N) is 1. The molecule has 0 aromatic rings. The Bertz CT molecular complexity index is 284. The quantitative estimate of drug-likeness (QED) is 0.799. The molecule has 2 aliphatic carbocycles. The third kappa shape index (κ3) is 3.50. The van der Waals surface area contributed by atoms with Crippen LogP contribution in [0, 0.1) is 0 Å². The lowest BCUT2D eigenvalue weighted by Gasteiger charge is -2.39. The van der Waals surface area contributed by atoms with E-state index < -0.39 is 0 Å². The fourth-order valence-corrected chi connectivity index (χ4v) is 4.02. The molecule has 3 nitrogen and oxygen atoms in total. The molecule has 3 aliphatic rings. The van der Waals surface area contributed by atoms with Crippen LogP contribution < -0.4 is 5.32 Å². The van der Waals surface area contributed by atoms with Crippen LogP contribution in [-0.2, 0) is 4.74 Å². The molecule has 1 atom stereocenters. The number of nitrogens with one attached hydrogen (secondary N) is 1. The van der Waals surface area contributed by atoms with Crippen molar-refractivity contribution < 1.29 is 4.74 Å². The molecule has 0 aromatic carbocycles. The van der Waals surface area contributed by atoms with Crippen LogP contribution >= 0.6 is 0 Å². The maximum absolute atomic E-state index is 6.10. The van der Waals surface area contributed by atoms with Gasteiger partial charge in [0.15, 0.2) is 0 Å². The van der Waals surface area contributed by atoms with Crippen molar-refractivity contribution in [2.75, 3.05) is 26.2 Å². The zero-order valence-corrected chi connectivity index (χ0v) is 12.5. The molecule has 0 amide bonds. The Kier molecular flexibility index (Phi) is 4.45. The smallest absolute Gasteiger partial charge is 0.0697 e. The van der Waals surface area contributed by atoms with Gasteiger partial charge in [-0.1, -0.05) is 19.8 Å². The Morgan fingerprint density at radius 1 is 1.21 bits per heavy atom. The third-order valence-electron chi connectivity index (χ3n) is 5.31. The predicted octanol–water partition coefficient (Wildman–Crippen LogP) is 2.55. The third-order valence-corrected chi connectivity index (χ3v) is 5.31. The highest BCUT2D eigenvalue weighted by Crippen LogP contribution is 2.39. The minimum absolute atomic E-state index is 0.261. The Morgan fingerprint density at radius 2 is 2.00 bits per heavy atom. The summed E-state index contributed by atoms with van der Waals surface area (Å²) in [5, 5.41) is 3.80. The SMILES string of the molecule is CCN(CCNC1CCOC2(CCCC2)C1)C1CC1. The Morgan fingerprint density at radius 3 is 2.68 bits per heavy atom. The molecule has 1 spiro atoms. The molecule has 3 heteroatoms. The summed E-state index contributed by atoms with van der Waals surface area (Å²) in [7, 11) is 0. The second kappa shape index (κ2) is 6.11. The molecule has 2 saturated carbocycles. The van der Waals surface area contributed by atoms with Gasteiger partial charge in [0, 0.05) is 31.8 Å². The Balaban J connectivity index is 1.39. The highest BCUT2D eigenvalue weighted by Gasteiger charge is 2.39. The van der Waals surface area contributed by atoms with E-state index in [1.54, 1.807) is 0 Å². The normalized spacial score (nSPS) is 30.3. The van der Waals surface area contributed by atoms with Crippen molar-refractivity contribution in [3.8, 4) is 0 Å². The molecule has 19 heavy (non-hydrogen) atoms. The summed E-state index contributed by atoms with van der Waals surface area (Å²) in [4.78, 5) is 2.64.